The van der Waals surface area contributed by atoms with Crippen molar-refractivity contribution >= 4 is 26.0 Å². The molecule has 7 heteroatoms. The zero-order valence-corrected chi connectivity index (χ0v) is 13.1. The molecule has 3 fully saturated rings. The first-order valence-corrected chi connectivity index (χ1v) is 8.77. The highest BCUT2D eigenvalue weighted by molar-refractivity contribution is 9.09. The summed E-state index contributed by atoms with van der Waals surface area (Å²) in [5.41, 5.74) is -0.0313. The molecule has 0 saturated carbocycles. The Hall–Kier alpha value is 0.310. The van der Waals surface area contributed by atoms with Crippen molar-refractivity contribution in [2.24, 2.45) is 0 Å². The molecule has 0 N–H and O–H groups in total. The molecule has 0 aromatic carbocycles. The van der Waals surface area contributed by atoms with Gasteiger partial charge >= 0.3 is 0 Å². The van der Waals surface area contributed by atoms with Gasteiger partial charge in [0.25, 0.3) is 0 Å². The molecule has 0 spiro atoms. The van der Waals surface area contributed by atoms with Crippen molar-refractivity contribution in [3.8, 4) is 0 Å². The lowest BCUT2D eigenvalue weighted by Crippen LogP contribution is -2.53. The van der Waals surface area contributed by atoms with E-state index in [0.29, 0.717) is 11.9 Å². The lowest BCUT2D eigenvalue weighted by atomic mass is 9.90. The Morgan fingerprint density at radius 3 is 2.67 bits per heavy atom. The molecule has 5 atom stereocenters. The van der Waals surface area contributed by atoms with Crippen molar-refractivity contribution in [1.82, 2.24) is 4.31 Å². The standard InChI is InChI=1S/C11H18BrNO4S/c1-11(2,3)13-8-9(16-5-12)6-4-7(10(8)17-6)18(13,14)15/h6-10H,4-5H2,1-3H3. The third-order valence-corrected chi connectivity index (χ3v) is 6.88. The molecule has 3 aliphatic heterocycles. The van der Waals surface area contributed by atoms with Gasteiger partial charge in [-0.1, -0.05) is 15.9 Å². The minimum absolute atomic E-state index is 0.0790. The Balaban J connectivity index is 2.05. The summed E-state index contributed by atoms with van der Waals surface area (Å²) in [6, 6.07) is -0.170. The van der Waals surface area contributed by atoms with Gasteiger partial charge in [-0.15, -0.1) is 0 Å². The average molecular weight is 340 g/mol. The van der Waals surface area contributed by atoms with E-state index in [9.17, 15) is 8.42 Å². The van der Waals surface area contributed by atoms with Crippen LogP contribution >= 0.6 is 15.9 Å². The van der Waals surface area contributed by atoms with Crippen LogP contribution in [0, 0.1) is 0 Å². The van der Waals surface area contributed by atoms with Crippen molar-refractivity contribution in [2.75, 3.05) is 5.52 Å². The van der Waals surface area contributed by atoms with Crippen LogP contribution in [0.15, 0.2) is 0 Å². The Kier molecular flexibility index (Phi) is 2.89. The van der Waals surface area contributed by atoms with Gasteiger partial charge in [0.2, 0.25) is 10.0 Å². The van der Waals surface area contributed by atoms with E-state index in [-0.39, 0.29) is 29.6 Å². The number of sulfonamides is 1. The highest BCUT2D eigenvalue weighted by atomic mass is 79.9. The van der Waals surface area contributed by atoms with Crippen LogP contribution in [-0.4, -0.2) is 53.4 Å². The van der Waals surface area contributed by atoms with Gasteiger partial charge in [-0.3, -0.25) is 0 Å². The van der Waals surface area contributed by atoms with Gasteiger partial charge < -0.3 is 9.47 Å². The van der Waals surface area contributed by atoms with E-state index in [4.69, 9.17) is 9.47 Å². The summed E-state index contributed by atoms with van der Waals surface area (Å²) in [6.07, 6.45) is 0.114. The van der Waals surface area contributed by atoms with Gasteiger partial charge in [0, 0.05) is 5.54 Å². The van der Waals surface area contributed by atoms with Crippen molar-refractivity contribution in [3.05, 3.63) is 0 Å². The van der Waals surface area contributed by atoms with Crippen molar-refractivity contribution in [1.29, 1.82) is 0 Å². The average Bonchev–Trinajstić information content (AvgIpc) is 2.79. The molecule has 3 rings (SSSR count). The predicted octanol–water partition coefficient (Wildman–Crippen LogP) is 1.08. The molecule has 0 amide bonds. The maximum atomic E-state index is 12.6. The van der Waals surface area contributed by atoms with Crippen LogP contribution in [0.3, 0.4) is 0 Å². The van der Waals surface area contributed by atoms with Crippen LogP contribution < -0.4 is 0 Å². The first-order chi connectivity index (χ1) is 8.28. The molecule has 0 aromatic heterocycles. The molecular formula is C11H18BrNO4S. The Labute approximate surface area is 116 Å². The minimum atomic E-state index is -3.27. The third-order valence-electron chi connectivity index (χ3n) is 4.05. The van der Waals surface area contributed by atoms with Gasteiger partial charge in [-0.05, 0) is 27.2 Å². The number of nitrogens with zero attached hydrogens (tertiary/aromatic N) is 1. The fourth-order valence-electron chi connectivity index (χ4n) is 3.61. The maximum absolute atomic E-state index is 12.6. The summed E-state index contributed by atoms with van der Waals surface area (Å²) < 4.78 is 38.3. The first-order valence-electron chi connectivity index (χ1n) is 6.15. The largest absolute Gasteiger partial charge is 0.369 e. The molecule has 3 aliphatic rings. The number of ether oxygens (including phenoxy) is 2. The van der Waals surface area contributed by atoms with Crippen LogP contribution in [0.4, 0.5) is 0 Å². The highest BCUT2D eigenvalue weighted by Crippen LogP contribution is 2.51. The van der Waals surface area contributed by atoms with E-state index in [1.807, 2.05) is 20.8 Å². The molecule has 0 radical (unpaired) electrons. The second kappa shape index (κ2) is 3.91. The van der Waals surface area contributed by atoms with Gasteiger partial charge in [0.15, 0.2) is 0 Å². The Morgan fingerprint density at radius 1 is 1.44 bits per heavy atom. The second-order valence-corrected chi connectivity index (χ2v) is 8.64. The number of fused-ring (bicyclic) bond motifs is 1. The molecule has 0 aliphatic carbocycles. The zero-order valence-electron chi connectivity index (χ0n) is 10.7. The summed E-state index contributed by atoms with van der Waals surface area (Å²) in [5, 5.41) is -0.373. The summed E-state index contributed by atoms with van der Waals surface area (Å²) in [6.45, 7) is 5.77. The number of halogens is 1. The maximum Gasteiger partial charge on any atom is 0.220 e. The van der Waals surface area contributed by atoms with Crippen LogP contribution in [0.25, 0.3) is 0 Å². The predicted molar refractivity (Wildman–Crippen MR) is 70.0 cm³/mol. The van der Waals surface area contributed by atoms with Gasteiger partial charge in [0.05, 0.1) is 18.2 Å². The zero-order chi connectivity index (χ0) is 13.3. The van der Waals surface area contributed by atoms with E-state index in [0.717, 1.165) is 0 Å². The molecule has 18 heavy (non-hydrogen) atoms. The first kappa shape index (κ1) is 13.3. The van der Waals surface area contributed by atoms with E-state index >= 15 is 0 Å². The van der Waals surface area contributed by atoms with Gasteiger partial charge in [0.1, 0.15) is 16.9 Å². The molecule has 3 heterocycles. The Morgan fingerprint density at radius 2 is 2.11 bits per heavy atom. The number of rotatable bonds is 2. The second-order valence-electron chi connectivity index (χ2n) is 6.16. The minimum Gasteiger partial charge on any atom is -0.369 e. The van der Waals surface area contributed by atoms with Crippen molar-refractivity contribution in [3.63, 3.8) is 0 Å². The fraction of sp³-hybridized carbons (Fsp3) is 1.00. The molecule has 5 unspecified atom stereocenters. The number of hydrogen-bond donors (Lipinski definition) is 0. The van der Waals surface area contributed by atoms with Gasteiger partial charge in [-0.2, -0.15) is 4.31 Å². The van der Waals surface area contributed by atoms with Crippen molar-refractivity contribution < 1.29 is 17.9 Å². The van der Waals surface area contributed by atoms with E-state index in [1.54, 1.807) is 4.31 Å². The van der Waals surface area contributed by atoms with Crippen LogP contribution in [0.2, 0.25) is 0 Å². The van der Waals surface area contributed by atoms with Crippen LogP contribution in [0.1, 0.15) is 27.2 Å². The van der Waals surface area contributed by atoms with Crippen molar-refractivity contribution in [2.45, 2.75) is 62.3 Å². The van der Waals surface area contributed by atoms with Gasteiger partial charge in [-0.25, -0.2) is 8.42 Å². The summed E-state index contributed by atoms with van der Waals surface area (Å²) in [4.78, 5) is 0. The van der Waals surface area contributed by atoms with E-state index in [1.165, 1.54) is 0 Å². The summed E-state index contributed by atoms with van der Waals surface area (Å²) in [7, 11) is -3.27. The fourth-order valence-corrected chi connectivity index (χ4v) is 6.54. The molecule has 3 saturated heterocycles. The summed E-state index contributed by atoms with van der Waals surface area (Å²) >= 11 is 3.25. The monoisotopic (exact) mass is 339 g/mol. The number of hydrogen-bond acceptors (Lipinski definition) is 4. The SMILES string of the molecule is CC(C)(C)N1C2C(OCBr)C3CC(C2O3)S1(=O)=O. The summed E-state index contributed by atoms with van der Waals surface area (Å²) in [5.74, 6) is 0. The van der Waals surface area contributed by atoms with Crippen LogP contribution in [0.5, 0.6) is 0 Å². The smallest absolute Gasteiger partial charge is 0.220 e. The normalized spacial score (nSPS) is 45.9. The molecular weight excluding hydrogens is 322 g/mol. The van der Waals surface area contributed by atoms with E-state index in [2.05, 4.69) is 15.9 Å². The van der Waals surface area contributed by atoms with Crippen LogP contribution in [-0.2, 0) is 19.5 Å². The molecule has 2 bridgehead atoms. The van der Waals surface area contributed by atoms with E-state index < -0.39 is 15.6 Å². The number of alkyl halides is 1. The Bertz CT molecular complexity index is 460. The quantitative estimate of drug-likeness (QED) is 0.706. The molecule has 0 aromatic rings. The lowest BCUT2D eigenvalue weighted by Gasteiger charge is -2.36. The molecule has 104 valence electrons. The topological polar surface area (TPSA) is 55.8 Å². The highest BCUT2D eigenvalue weighted by Gasteiger charge is 2.70. The molecule has 5 nitrogen and oxygen atoms in total. The lowest BCUT2D eigenvalue weighted by molar-refractivity contribution is 0.00392. The third kappa shape index (κ3) is 1.57.